The number of benzene rings is 3. The average Bonchev–Trinajstić information content (AvgIpc) is 3.85. The van der Waals surface area contributed by atoms with E-state index in [1.54, 1.807) is 58.1 Å². The second-order valence-corrected chi connectivity index (χ2v) is 19.4. The van der Waals surface area contributed by atoms with Crippen molar-refractivity contribution in [3.05, 3.63) is 123 Å². The maximum absolute atomic E-state index is 14.1. The Bertz CT molecular complexity index is 2300. The molecule has 7 rings (SSSR count). The molecular weight excluding hydrogens is 805 g/mol. The molecule has 0 spiro atoms. The fraction of sp³-hybridized carbons (Fsp3) is 0.429. The third-order valence-electron chi connectivity index (χ3n) is 12.5. The number of allylic oxidation sites excluding steroid dienone is 2. The molecule has 2 heterocycles. The van der Waals surface area contributed by atoms with Crippen molar-refractivity contribution >= 4 is 33.2 Å². The summed E-state index contributed by atoms with van der Waals surface area (Å²) in [6.07, 6.45) is 11.5. The van der Waals surface area contributed by atoms with Gasteiger partial charge in [0.25, 0.3) is 0 Å². The van der Waals surface area contributed by atoms with Gasteiger partial charge in [0.15, 0.2) is 23.1 Å². The van der Waals surface area contributed by atoms with Gasteiger partial charge in [-0.05, 0) is 121 Å². The number of fused-ring (bicyclic) bond motifs is 9. The SMILES string of the molecule is CNCCCCCC12C=CC(=O)CCc3ccc(O)c(c3)OCCc3ccc(O)c(c3)C3CC(=O)c4cc[nH]c4CC#Cc4cc(C(N)N)c(cc43)CSSCC(C1)C(O)C2. The number of carbonyl (C=O) groups excluding carboxylic acids is 2. The van der Waals surface area contributed by atoms with E-state index >= 15 is 0 Å². The highest BCUT2D eigenvalue weighted by atomic mass is 33.1. The Morgan fingerprint density at radius 3 is 2.59 bits per heavy atom. The zero-order valence-electron chi connectivity index (χ0n) is 34.9. The van der Waals surface area contributed by atoms with E-state index in [2.05, 4.69) is 34.3 Å². The van der Waals surface area contributed by atoms with Gasteiger partial charge in [-0.3, -0.25) is 9.59 Å². The van der Waals surface area contributed by atoms with E-state index in [0.29, 0.717) is 60.3 Å². The lowest BCUT2D eigenvalue weighted by atomic mass is 9.79. The van der Waals surface area contributed by atoms with Gasteiger partial charge in [-0.2, -0.15) is 0 Å². The molecule has 12 heteroatoms. The Balaban J connectivity index is 1.25. The number of carbonyl (C=O) groups is 2. The topological polar surface area (TPSA) is 184 Å². The maximum Gasteiger partial charge on any atom is 0.165 e. The van der Waals surface area contributed by atoms with Crippen LogP contribution in [0.3, 0.4) is 0 Å². The van der Waals surface area contributed by atoms with Gasteiger partial charge in [0.1, 0.15) is 5.75 Å². The molecule has 322 valence electrons. The number of ketones is 2. The summed E-state index contributed by atoms with van der Waals surface area (Å²) in [5.41, 5.74) is 19.5. The Morgan fingerprint density at radius 2 is 1.77 bits per heavy atom. The number of H-pyrrole nitrogens is 1. The number of aliphatic hydroxyl groups excluding tert-OH is 1. The smallest absolute Gasteiger partial charge is 0.165 e. The van der Waals surface area contributed by atoms with E-state index in [9.17, 15) is 24.9 Å². The molecular formula is C49H58N4O6S2. The number of Topliss-reactive ketones (excluding diaryl/α,β-unsaturated/α-hetero) is 1. The summed E-state index contributed by atoms with van der Waals surface area (Å²) in [6.45, 7) is 1.20. The molecule has 4 unspecified atom stereocenters. The first-order valence-electron chi connectivity index (χ1n) is 21.4. The van der Waals surface area contributed by atoms with Crippen molar-refractivity contribution in [1.82, 2.24) is 10.3 Å². The molecule has 3 aliphatic rings. The minimum atomic E-state index is -0.772. The van der Waals surface area contributed by atoms with Crippen LogP contribution in [-0.2, 0) is 29.8 Å². The van der Waals surface area contributed by atoms with Crippen LogP contribution in [0.4, 0.5) is 0 Å². The molecule has 0 amide bonds. The number of nitrogens with one attached hydrogen (secondary N) is 2. The lowest BCUT2D eigenvalue weighted by Crippen LogP contribution is -2.22. The molecule has 10 nitrogen and oxygen atoms in total. The van der Waals surface area contributed by atoms with Crippen LogP contribution in [0.25, 0.3) is 0 Å². The summed E-state index contributed by atoms with van der Waals surface area (Å²) in [7, 11) is 5.36. The first-order valence-corrected chi connectivity index (χ1v) is 23.9. The van der Waals surface area contributed by atoms with Crippen molar-refractivity contribution in [3.8, 4) is 29.1 Å². The molecule has 8 bridgehead atoms. The minimum Gasteiger partial charge on any atom is -0.508 e. The van der Waals surface area contributed by atoms with Gasteiger partial charge in [0.05, 0.1) is 25.3 Å². The number of aromatic amines is 1. The van der Waals surface area contributed by atoms with Crippen molar-refractivity contribution in [2.24, 2.45) is 22.8 Å². The zero-order chi connectivity index (χ0) is 42.9. The molecule has 0 saturated heterocycles. The molecule has 3 aromatic carbocycles. The van der Waals surface area contributed by atoms with E-state index in [4.69, 9.17) is 16.2 Å². The fourth-order valence-corrected chi connectivity index (χ4v) is 11.6. The first-order chi connectivity index (χ1) is 29.5. The molecule has 2 aliphatic carbocycles. The van der Waals surface area contributed by atoms with Crippen LogP contribution >= 0.6 is 21.6 Å². The summed E-state index contributed by atoms with van der Waals surface area (Å²) in [5.74, 6) is 7.82. The summed E-state index contributed by atoms with van der Waals surface area (Å²) < 4.78 is 6.13. The molecule has 61 heavy (non-hydrogen) atoms. The van der Waals surface area contributed by atoms with Gasteiger partial charge in [-0.15, -0.1) is 0 Å². The van der Waals surface area contributed by atoms with Crippen LogP contribution in [0, 0.1) is 23.2 Å². The molecule has 9 N–H and O–H groups in total. The minimum absolute atomic E-state index is 0.00953. The monoisotopic (exact) mass is 862 g/mol. The summed E-state index contributed by atoms with van der Waals surface area (Å²) >= 11 is 0. The second kappa shape index (κ2) is 20.6. The van der Waals surface area contributed by atoms with Crippen LogP contribution in [0.5, 0.6) is 17.2 Å². The molecule has 1 aromatic heterocycles. The van der Waals surface area contributed by atoms with Crippen LogP contribution < -0.4 is 21.5 Å². The number of aryl methyl sites for hydroxylation is 1. The van der Waals surface area contributed by atoms with Gasteiger partial charge in [-0.1, -0.05) is 76.6 Å². The highest BCUT2D eigenvalue weighted by Gasteiger charge is 2.42. The van der Waals surface area contributed by atoms with Gasteiger partial charge >= 0.3 is 0 Å². The second-order valence-electron chi connectivity index (χ2n) is 16.8. The zero-order valence-corrected chi connectivity index (χ0v) is 36.5. The number of unbranched alkanes of at least 4 members (excludes halogenated alkanes) is 2. The summed E-state index contributed by atoms with van der Waals surface area (Å²) in [5, 5.41) is 36.9. The third-order valence-corrected chi connectivity index (χ3v) is 14.9. The normalized spacial score (nSPS) is 22.3. The maximum atomic E-state index is 14.1. The van der Waals surface area contributed by atoms with E-state index in [-0.39, 0.29) is 47.4 Å². The van der Waals surface area contributed by atoms with E-state index in [0.717, 1.165) is 77.9 Å². The number of aromatic nitrogens is 1. The third kappa shape index (κ3) is 11.1. The van der Waals surface area contributed by atoms with Crippen molar-refractivity contribution in [2.75, 3.05) is 26.0 Å². The molecule has 4 aromatic rings. The predicted molar refractivity (Wildman–Crippen MR) is 245 cm³/mol. The van der Waals surface area contributed by atoms with Crippen LogP contribution in [0.2, 0.25) is 0 Å². The molecule has 0 radical (unpaired) electrons. The lowest BCUT2D eigenvalue weighted by Gasteiger charge is -2.26. The number of aromatic hydroxyl groups is 2. The highest BCUT2D eigenvalue weighted by molar-refractivity contribution is 8.76. The van der Waals surface area contributed by atoms with Crippen LogP contribution in [0.1, 0.15) is 118 Å². The number of rotatable bonds is 7. The number of hydrogen-bond donors (Lipinski definition) is 7. The highest BCUT2D eigenvalue weighted by Crippen LogP contribution is 2.49. The van der Waals surface area contributed by atoms with Crippen LogP contribution in [0.15, 0.2) is 72.9 Å². The lowest BCUT2D eigenvalue weighted by molar-refractivity contribution is -0.114. The Kier molecular flexibility index (Phi) is 15.0. The van der Waals surface area contributed by atoms with Crippen LogP contribution in [-0.4, -0.2) is 63.9 Å². The van der Waals surface area contributed by atoms with Crippen molar-refractivity contribution < 1.29 is 29.6 Å². The van der Waals surface area contributed by atoms with Crippen molar-refractivity contribution in [3.63, 3.8) is 0 Å². The van der Waals surface area contributed by atoms with E-state index < -0.39 is 18.2 Å². The molecule has 4 atom stereocenters. The largest absolute Gasteiger partial charge is 0.508 e. The first kappa shape index (κ1) is 44.6. The summed E-state index contributed by atoms with van der Waals surface area (Å²) in [4.78, 5) is 30.7. The molecule has 1 fully saturated rings. The quantitative estimate of drug-likeness (QED) is 0.0417. The number of phenols is 2. The van der Waals surface area contributed by atoms with E-state index in [1.807, 2.05) is 31.3 Å². The number of aliphatic hydroxyl groups is 1. The summed E-state index contributed by atoms with van der Waals surface area (Å²) in [6, 6.07) is 16.4. The number of phenolic OH excluding ortho intramolecular Hbond substituents is 2. The molecule has 1 saturated carbocycles. The Morgan fingerprint density at radius 1 is 0.951 bits per heavy atom. The number of nitrogens with two attached hydrogens (primary N) is 2. The van der Waals surface area contributed by atoms with Crippen molar-refractivity contribution in [2.45, 2.75) is 94.6 Å². The predicted octanol–water partition coefficient (Wildman–Crippen LogP) is 7.77. The van der Waals surface area contributed by atoms with Gasteiger partial charge in [-0.25, -0.2) is 0 Å². The number of ether oxygens (including phenoxy) is 1. The van der Waals surface area contributed by atoms with Crippen molar-refractivity contribution in [1.29, 1.82) is 0 Å². The average molecular weight is 863 g/mol. The Hall–Kier alpha value is -4.48. The fourth-order valence-electron chi connectivity index (χ4n) is 9.12. The van der Waals surface area contributed by atoms with E-state index in [1.165, 1.54) is 0 Å². The standard InChI is InChI=1S/C49H58N4O6S2/c1-52-19-4-2-3-17-49-18-14-36(54)11-8-31-10-13-44(56)47(23-31)59-21-16-32-9-12-43(55)41(22-32)40-26-45(57)37-15-20-53-42(37)7-5-6-33-24-39(48(50)51)34(25-38(33)40)29-60-61-30-35(27-49)46(58)28-49/h9-10,12-15,18,20,22-25,35,40,46,48,52-53,55-56,58H,2-4,7-8,11,16-17,19,21,26-30,50-51H2,1H3. The van der Waals surface area contributed by atoms with Gasteiger partial charge in [0.2, 0.25) is 0 Å². The Labute approximate surface area is 367 Å². The molecule has 1 aliphatic heterocycles. The number of hydrogen-bond acceptors (Lipinski definition) is 11. The van der Waals surface area contributed by atoms with Gasteiger partial charge in [0, 0.05) is 65.3 Å². The van der Waals surface area contributed by atoms with Gasteiger partial charge < -0.3 is 41.8 Å².